The SMILES string of the molecule is COC(=O)N1C(=O)[C@H](OC(=O)[C@H]2COC(C)(C)O2)[C@@H]1c1ccccc1. The van der Waals surface area contributed by atoms with Crippen LogP contribution in [0.25, 0.3) is 0 Å². The second-order valence-corrected chi connectivity index (χ2v) is 6.21. The Bertz CT molecular complexity index is 687. The van der Waals surface area contributed by atoms with E-state index in [0.29, 0.717) is 5.56 Å². The van der Waals surface area contributed by atoms with Crippen molar-refractivity contribution in [3.63, 3.8) is 0 Å². The molecule has 134 valence electrons. The minimum Gasteiger partial charge on any atom is -0.452 e. The van der Waals surface area contributed by atoms with E-state index >= 15 is 0 Å². The van der Waals surface area contributed by atoms with Gasteiger partial charge in [-0.1, -0.05) is 30.3 Å². The zero-order chi connectivity index (χ0) is 18.2. The predicted octanol–water partition coefficient (Wildman–Crippen LogP) is 1.40. The van der Waals surface area contributed by atoms with Crippen LogP contribution in [0.1, 0.15) is 25.5 Å². The molecule has 0 saturated carbocycles. The van der Waals surface area contributed by atoms with Gasteiger partial charge >= 0.3 is 12.1 Å². The Morgan fingerprint density at radius 3 is 2.48 bits per heavy atom. The molecule has 2 amide bonds. The quantitative estimate of drug-likeness (QED) is 0.602. The molecule has 2 aliphatic rings. The zero-order valence-corrected chi connectivity index (χ0v) is 14.1. The van der Waals surface area contributed by atoms with Crippen molar-refractivity contribution in [1.29, 1.82) is 0 Å². The highest BCUT2D eigenvalue weighted by atomic mass is 16.8. The molecule has 0 radical (unpaired) electrons. The lowest BCUT2D eigenvalue weighted by Crippen LogP contribution is -2.62. The molecular formula is C17H19NO7. The molecule has 8 nitrogen and oxygen atoms in total. The van der Waals surface area contributed by atoms with Crippen molar-refractivity contribution >= 4 is 18.0 Å². The van der Waals surface area contributed by atoms with Gasteiger partial charge in [-0.2, -0.15) is 0 Å². The van der Waals surface area contributed by atoms with E-state index in [-0.39, 0.29) is 6.61 Å². The maximum atomic E-state index is 12.3. The van der Waals surface area contributed by atoms with E-state index in [1.54, 1.807) is 44.2 Å². The lowest BCUT2D eigenvalue weighted by Gasteiger charge is -2.43. The average molecular weight is 349 g/mol. The van der Waals surface area contributed by atoms with Gasteiger partial charge in [0.15, 0.2) is 11.9 Å². The number of methoxy groups -OCH3 is 1. The largest absolute Gasteiger partial charge is 0.452 e. The first-order chi connectivity index (χ1) is 11.8. The minimum atomic E-state index is -1.11. The van der Waals surface area contributed by atoms with Gasteiger partial charge in [0.2, 0.25) is 6.10 Å². The molecule has 2 fully saturated rings. The Balaban J connectivity index is 1.76. The van der Waals surface area contributed by atoms with E-state index in [4.69, 9.17) is 14.2 Å². The van der Waals surface area contributed by atoms with Gasteiger partial charge in [0, 0.05) is 0 Å². The van der Waals surface area contributed by atoms with Crippen molar-refractivity contribution in [2.24, 2.45) is 0 Å². The summed E-state index contributed by atoms with van der Waals surface area (Å²) in [5, 5.41) is 0. The summed E-state index contributed by atoms with van der Waals surface area (Å²) in [7, 11) is 1.18. The molecule has 0 unspecified atom stereocenters. The Labute approximate surface area is 144 Å². The van der Waals surface area contributed by atoms with Crippen LogP contribution in [0.5, 0.6) is 0 Å². The van der Waals surface area contributed by atoms with Crippen LogP contribution in [0.3, 0.4) is 0 Å². The van der Waals surface area contributed by atoms with Gasteiger partial charge in [-0.05, 0) is 19.4 Å². The molecule has 0 aliphatic carbocycles. The van der Waals surface area contributed by atoms with Crippen LogP contribution in [0.2, 0.25) is 0 Å². The minimum absolute atomic E-state index is 0.0451. The molecule has 25 heavy (non-hydrogen) atoms. The average Bonchev–Trinajstić information content (AvgIpc) is 2.97. The number of carbonyl (C=O) groups is 3. The number of rotatable bonds is 3. The van der Waals surface area contributed by atoms with Gasteiger partial charge in [0.05, 0.1) is 13.7 Å². The number of hydrogen-bond acceptors (Lipinski definition) is 7. The molecule has 0 aromatic heterocycles. The van der Waals surface area contributed by atoms with Crippen molar-refractivity contribution in [2.75, 3.05) is 13.7 Å². The molecule has 0 spiro atoms. The summed E-state index contributed by atoms with van der Waals surface area (Å²) < 4.78 is 20.7. The highest BCUT2D eigenvalue weighted by Crippen LogP contribution is 2.38. The van der Waals surface area contributed by atoms with E-state index in [1.165, 1.54) is 7.11 Å². The van der Waals surface area contributed by atoms with Crippen molar-refractivity contribution in [3.05, 3.63) is 35.9 Å². The van der Waals surface area contributed by atoms with Gasteiger partial charge in [0.1, 0.15) is 6.04 Å². The molecular weight excluding hydrogens is 330 g/mol. The third-order valence-electron chi connectivity index (χ3n) is 4.07. The van der Waals surface area contributed by atoms with Crippen LogP contribution in [0.15, 0.2) is 30.3 Å². The summed E-state index contributed by atoms with van der Waals surface area (Å²) in [5.41, 5.74) is 0.661. The predicted molar refractivity (Wildman–Crippen MR) is 83.2 cm³/mol. The molecule has 2 heterocycles. The standard InChI is InChI=1S/C17H19NO7/c1-17(2)23-9-11(25-17)15(20)24-13-12(10-7-5-4-6-8-10)18(14(13)19)16(21)22-3/h4-8,11-13H,9H2,1-3H3/t11-,12+,13-/m1/s1. The zero-order valence-electron chi connectivity index (χ0n) is 14.1. The fourth-order valence-corrected chi connectivity index (χ4v) is 2.86. The number of benzene rings is 1. The molecule has 0 bridgehead atoms. The summed E-state index contributed by atoms with van der Waals surface area (Å²) in [5.74, 6) is -2.22. The lowest BCUT2D eigenvalue weighted by molar-refractivity contribution is -0.191. The van der Waals surface area contributed by atoms with E-state index in [2.05, 4.69) is 4.74 Å². The number of amides is 2. The Morgan fingerprint density at radius 2 is 1.92 bits per heavy atom. The molecule has 3 atom stereocenters. The molecule has 1 aromatic rings. The fraction of sp³-hybridized carbons (Fsp3) is 0.471. The van der Waals surface area contributed by atoms with Crippen molar-refractivity contribution < 1.29 is 33.3 Å². The van der Waals surface area contributed by atoms with Gasteiger partial charge < -0.3 is 18.9 Å². The second kappa shape index (κ2) is 6.45. The molecule has 1 aromatic carbocycles. The first kappa shape index (κ1) is 17.4. The van der Waals surface area contributed by atoms with Crippen LogP contribution >= 0.6 is 0 Å². The molecule has 8 heteroatoms. The number of nitrogens with zero attached hydrogens (tertiary/aromatic N) is 1. The molecule has 3 rings (SSSR count). The summed E-state index contributed by atoms with van der Waals surface area (Å²) in [6.07, 6.45) is -2.82. The number of ether oxygens (including phenoxy) is 4. The maximum Gasteiger partial charge on any atom is 0.417 e. The number of β-lactam (4-membered cyclic amide) rings is 1. The van der Waals surface area contributed by atoms with E-state index in [0.717, 1.165) is 4.90 Å². The Kier molecular flexibility index (Phi) is 4.49. The van der Waals surface area contributed by atoms with Crippen LogP contribution in [-0.2, 0) is 28.5 Å². The number of carbonyl (C=O) groups excluding carboxylic acids is 3. The third kappa shape index (κ3) is 3.22. The Hall–Kier alpha value is -2.45. The van der Waals surface area contributed by atoms with Crippen molar-refractivity contribution in [2.45, 2.75) is 37.9 Å². The summed E-state index contributed by atoms with van der Waals surface area (Å²) in [6.45, 7) is 3.41. The van der Waals surface area contributed by atoms with Crippen molar-refractivity contribution in [3.8, 4) is 0 Å². The Morgan fingerprint density at radius 1 is 1.24 bits per heavy atom. The van der Waals surface area contributed by atoms with Gasteiger partial charge in [-0.25, -0.2) is 14.5 Å². The first-order valence-electron chi connectivity index (χ1n) is 7.82. The van der Waals surface area contributed by atoms with Crippen LogP contribution in [0, 0.1) is 0 Å². The number of esters is 1. The number of likely N-dealkylation sites (tertiary alicyclic amines) is 1. The van der Waals surface area contributed by atoms with Crippen LogP contribution in [-0.4, -0.2) is 54.6 Å². The summed E-state index contributed by atoms with van der Waals surface area (Å²) >= 11 is 0. The third-order valence-corrected chi connectivity index (χ3v) is 4.07. The van der Waals surface area contributed by atoms with E-state index in [9.17, 15) is 14.4 Å². The molecule has 0 N–H and O–H groups in total. The van der Waals surface area contributed by atoms with Crippen molar-refractivity contribution in [1.82, 2.24) is 4.90 Å². The first-order valence-corrected chi connectivity index (χ1v) is 7.82. The normalized spacial score (nSPS) is 27.6. The van der Waals surface area contributed by atoms with Gasteiger partial charge in [0.25, 0.3) is 5.91 Å². The molecule has 2 aliphatic heterocycles. The topological polar surface area (TPSA) is 91.4 Å². The lowest BCUT2D eigenvalue weighted by atomic mass is 9.91. The molecule has 2 saturated heterocycles. The number of hydrogen-bond donors (Lipinski definition) is 0. The fourth-order valence-electron chi connectivity index (χ4n) is 2.86. The number of imide groups is 1. The van der Waals surface area contributed by atoms with E-state index < -0.39 is 42.0 Å². The highest BCUT2D eigenvalue weighted by molar-refractivity contribution is 6.02. The van der Waals surface area contributed by atoms with Gasteiger partial charge in [-0.3, -0.25) is 4.79 Å². The van der Waals surface area contributed by atoms with Gasteiger partial charge in [-0.15, -0.1) is 0 Å². The monoisotopic (exact) mass is 349 g/mol. The van der Waals surface area contributed by atoms with Crippen LogP contribution < -0.4 is 0 Å². The maximum absolute atomic E-state index is 12.3. The summed E-state index contributed by atoms with van der Waals surface area (Å²) in [4.78, 5) is 37.4. The smallest absolute Gasteiger partial charge is 0.417 e. The second-order valence-electron chi connectivity index (χ2n) is 6.21. The highest BCUT2D eigenvalue weighted by Gasteiger charge is 2.55. The van der Waals surface area contributed by atoms with Crippen LogP contribution in [0.4, 0.5) is 4.79 Å². The van der Waals surface area contributed by atoms with E-state index in [1.807, 2.05) is 0 Å². The summed E-state index contributed by atoms with van der Waals surface area (Å²) in [6, 6.07) is 8.09.